The van der Waals surface area contributed by atoms with E-state index >= 15 is 0 Å². The summed E-state index contributed by atoms with van der Waals surface area (Å²) >= 11 is 0. The number of oxazole rings is 1. The summed E-state index contributed by atoms with van der Waals surface area (Å²) in [6.07, 6.45) is 4.69. The van der Waals surface area contributed by atoms with Crippen molar-refractivity contribution in [3.63, 3.8) is 0 Å². The van der Waals surface area contributed by atoms with Crippen LogP contribution in [0.3, 0.4) is 0 Å². The molecule has 144 valence electrons. The molecule has 0 aliphatic heterocycles. The molecule has 2 heterocycles. The molecule has 0 bridgehead atoms. The highest BCUT2D eigenvalue weighted by atomic mass is 19.1. The third-order valence-corrected chi connectivity index (χ3v) is 4.45. The monoisotopic (exact) mass is 391 g/mol. The van der Waals surface area contributed by atoms with Gasteiger partial charge < -0.3 is 9.73 Å². The second-order valence-electron chi connectivity index (χ2n) is 6.38. The van der Waals surface area contributed by atoms with Crippen LogP contribution < -0.4 is 5.32 Å². The van der Waals surface area contributed by atoms with Gasteiger partial charge in [0.25, 0.3) is 5.91 Å². The Balaban J connectivity index is 1.59. The molecule has 0 spiro atoms. The fourth-order valence-corrected chi connectivity index (χ4v) is 2.99. The van der Waals surface area contributed by atoms with Gasteiger partial charge in [-0.15, -0.1) is 0 Å². The van der Waals surface area contributed by atoms with Crippen molar-refractivity contribution in [1.29, 1.82) is 0 Å². The molecule has 5 nitrogen and oxygen atoms in total. The number of hydrogen-bond acceptors (Lipinski definition) is 4. The van der Waals surface area contributed by atoms with Gasteiger partial charge in [0.15, 0.2) is 11.6 Å². The average molecular weight is 391 g/mol. The van der Waals surface area contributed by atoms with Gasteiger partial charge in [-0.2, -0.15) is 0 Å². The minimum Gasteiger partial charge on any atom is -0.445 e. The number of benzene rings is 2. The topological polar surface area (TPSA) is 68.0 Å². The first-order chi connectivity index (χ1) is 14.0. The van der Waals surface area contributed by atoms with Crippen LogP contribution in [0.5, 0.6) is 0 Å². The molecule has 7 heteroatoms. The van der Waals surface area contributed by atoms with E-state index in [1.54, 1.807) is 18.3 Å². The number of carbonyl (C=O) groups is 1. The Hall–Kier alpha value is -3.87. The van der Waals surface area contributed by atoms with Crippen LogP contribution in [0.25, 0.3) is 22.6 Å². The Morgan fingerprint density at radius 1 is 1.00 bits per heavy atom. The van der Waals surface area contributed by atoms with E-state index in [1.807, 2.05) is 37.3 Å². The van der Waals surface area contributed by atoms with Gasteiger partial charge in [-0.1, -0.05) is 18.2 Å². The summed E-state index contributed by atoms with van der Waals surface area (Å²) in [5.41, 5.74) is 3.53. The van der Waals surface area contributed by atoms with E-state index < -0.39 is 23.1 Å². The molecule has 29 heavy (non-hydrogen) atoms. The molecule has 0 saturated carbocycles. The number of hydrogen-bond donors (Lipinski definition) is 1. The molecule has 0 unspecified atom stereocenters. The number of carbonyl (C=O) groups excluding carboxylic acids is 1. The second kappa shape index (κ2) is 7.63. The molecule has 2 aromatic heterocycles. The lowest BCUT2D eigenvalue weighted by Gasteiger charge is -2.10. The molecular formula is C22H15F2N3O2. The number of aryl methyl sites for hydroxylation is 1. The molecule has 0 atom stereocenters. The van der Waals surface area contributed by atoms with Crippen molar-refractivity contribution in [2.75, 3.05) is 5.32 Å². The van der Waals surface area contributed by atoms with Gasteiger partial charge in [-0.3, -0.25) is 9.78 Å². The summed E-state index contributed by atoms with van der Waals surface area (Å²) in [6.45, 7) is 1.99. The normalized spacial score (nSPS) is 10.7. The zero-order valence-electron chi connectivity index (χ0n) is 15.3. The van der Waals surface area contributed by atoms with E-state index in [4.69, 9.17) is 4.42 Å². The quantitative estimate of drug-likeness (QED) is 0.516. The van der Waals surface area contributed by atoms with E-state index in [0.29, 0.717) is 11.6 Å². The van der Waals surface area contributed by atoms with Gasteiger partial charge in [-0.25, -0.2) is 13.8 Å². The number of rotatable bonds is 4. The number of aromatic nitrogens is 2. The number of nitrogens with one attached hydrogen (secondary N) is 1. The first kappa shape index (κ1) is 18.5. The van der Waals surface area contributed by atoms with Crippen molar-refractivity contribution in [3.8, 4) is 22.6 Å². The molecule has 0 aliphatic carbocycles. The van der Waals surface area contributed by atoms with Crippen LogP contribution in [0.1, 0.15) is 15.9 Å². The number of pyridine rings is 1. The van der Waals surface area contributed by atoms with Gasteiger partial charge >= 0.3 is 0 Å². The van der Waals surface area contributed by atoms with Crippen molar-refractivity contribution in [2.45, 2.75) is 6.92 Å². The molecule has 0 aliphatic rings. The molecule has 0 saturated heterocycles. The van der Waals surface area contributed by atoms with Crippen molar-refractivity contribution in [2.24, 2.45) is 0 Å². The smallest absolute Gasteiger partial charge is 0.261 e. The molecule has 2 aromatic carbocycles. The molecular weight excluding hydrogens is 376 g/mol. The SMILES string of the molecule is Cc1ccc(-c2ncco2)cc1-c1ccc(NC(=O)c2c(F)cncc2F)cc1. The van der Waals surface area contributed by atoms with E-state index in [-0.39, 0.29) is 0 Å². The second-order valence-corrected chi connectivity index (χ2v) is 6.38. The van der Waals surface area contributed by atoms with Crippen LogP contribution in [0.4, 0.5) is 14.5 Å². The van der Waals surface area contributed by atoms with Crippen molar-refractivity contribution >= 4 is 11.6 Å². The highest BCUT2D eigenvalue weighted by Gasteiger charge is 2.18. The summed E-state index contributed by atoms with van der Waals surface area (Å²) in [5, 5.41) is 2.50. The molecule has 4 rings (SSSR count). The summed E-state index contributed by atoms with van der Waals surface area (Å²) < 4.78 is 32.8. The fraction of sp³-hybridized carbons (Fsp3) is 0.0455. The Labute approximate surface area is 165 Å². The Bertz CT molecular complexity index is 1150. The first-order valence-corrected chi connectivity index (χ1v) is 8.74. The van der Waals surface area contributed by atoms with Crippen LogP contribution in [-0.2, 0) is 0 Å². The van der Waals surface area contributed by atoms with Gasteiger partial charge in [0.05, 0.1) is 18.6 Å². The highest BCUT2D eigenvalue weighted by molar-refractivity contribution is 6.04. The lowest BCUT2D eigenvalue weighted by Crippen LogP contribution is -2.16. The maximum atomic E-state index is 13.7. The fourth-order valence-electron chi connectivity index (χ4n) is 2.99. The molecule has 1 amide bonds. The molecule has 4 aromatic rings. The van der Waals surface area contributed by atoms with Gasteiger partial charge in [-0.05, 0) is 47.9 Å². The Morgan fingerprint density at radius 2 is 1.69 bits per heavy atom. The predicted molar refractivity (Wildman–Crippen MR) is 104 cm³/mol. The standard InChI is InChI=1S/C22H15F2N3O2/c1-13-2-3-15(22-26-8-9-29-22)10-17(13)14-4-6-16(7-5-14)27-21(28)20-18(23)11-25-12-19(20)24/h2-12H,1H3,(H,27,28). The van der Waals surface area contributed by atoms with E-state index in [2.05, 4.69) is 15.3 Å². The number of amides is 1. The zero-order valence-corrected chi connectivity index (χ0v) is 15.3. The van der Waals surface area contributed by atoms with Gasteiger partial charge in [0.2, 0.25) is 5.89 Å². The van der Waals surface area contributed by atoms with Gasteiger partial charge in [0.1, 0.15) is 11.8 Å². The van der Waals surface area contributed by atoms with Crippen LogP contribution >= 0.6 is 0 Å². The molecule has 1 N–H and O–H groups in total. The van der Waals surface area contributed by atoms with Crippen LogP contribution in [-0.4, -0.2) is 15.9 Å². The third-order valence-electron chi connectivity index (χ3n) is 4.45. The summed E-state index contributed by atoms with van der Waals surface area (Å²) in [5.74, 6) is -2.38. The Morgan fingerprint density at radius 3 is 2.34 bits per heavy atom. The molecule has 0 radical (unpaired) electrons. The summed E-state index contributed by atoms with van der Waals surface area (Å²) in [4.78, 5) is 19.7. The molecule has 0 fully saturated rings. The summed E-state index contributed by atoms with van der Waals surface area (Å²) in [6, 6.07) is 12.8. The Kier molecular flexibility index (Phi) is 4.87. The third kappa shape index (κ3) is 3.75. The number of halogens is 2. The van der Waals surface area contributed by atoms with Crippen molar-refractivity contribution in [3.05, 3.63) is 90.1 Å². The largest absolute Gasteiger partial charge is 0.445 e. The van der Waals surface area contributed by atoms with E-state index in [0.717, 1.165) is 34.6 Å². The summed E-state index contributed by atoms with van der Waals surface area (Å²) in [7, 11) is 0. The predicted octanol–water partition coefficient (Wildman–Crippen LogP) is 5.24. The maximum Gasteiger partial charge on any atom is 0.261 e. The number of nitrogens with zero attached hydrogens (tertiary/aromatic N) is 2. The highest BCUT2D eigenvalue weighted by Crippen LogP contribution is 2.29. The number of anilines is 1. The maximum absolute atomic E-state index is 13.7. The zero-order chi connectivity index (χ0) is 20.4. The van der Waals surface area contributed by atoms with Gasteiger partial charge in [0, 0.05) is 11.3 Å². The van der Waals surface area contributed by atoms with Crippen LogP contribution in [0.15, 0.2) is 71.7 Å². The first-order valence-electron chi connectivity index (χ1n) is 8.74. The minimum atomic E-state index is -1.02. The lowest BCUT2D eigenvalue weighted by molar-refractivity contribution is 0.101. The van der Waals surface area contributed by atoms with Crippen LogP contribution in [0, 0.1) is 18.6 Å². The lowest BCUT2D eigenvalue weighted by atomic mass is 9.98. The average Bonchev–Trinajstić information content (AvgIpc) is 3.24. The van der Waals surface area contributed by atoms with Crippen LogP contribution in [0.2, 0.25) is 0 Å². The van der Waals surface area contributed by atoms with E-state index in [9.17, 15) is 13.6 Å². The van der Waals surface area contributed by atoms with E-state index in [1.165, 1.54) is 6.26 Å². The van der Waals surface area contributed by atoms with Crippen molar-refractivity contribution in [1.82, 2.24) is 9.97 Å². The van der Waals surface area contributed by atoms with Crippen molar-refractivity contribution < 1.29 is 18.0 Å². The minimum absolute atomic E-state index is 0.413.